The van der Waals surface area contributed by atoms with Gasteiger partial charge in [-0.2, -0.15) is 10.2 Å². The molecule has 0 unspecified atom stereocenters. The van der Waals surface area contributed by atoms with Crippen molar-refractivity contribution in [1.29, 1.82) is 0 Å². The lowest BCUT2D eigenvalue weighted by atomic mass is 10.1. The lowest BCUT2D eigenvalue weighted by molar-refractivity contribution is 0.0773. The summed E-state index contributed by atoms with van der Waals surface area (Å²) in [5.41, 5.74) is 3.68. The number of amides is 1. The van der Waals surface area contributed by atoms with Crippen molar-refractivity contribution in [3.05, 3.63) is 65.2 Å². The first kappa shape index (κ1) is 18.7. The van der Waals surface area contributed by atoms with Gasteiger partial charge in [0, 0.05) is 26.0 Å². The Bertz CT molecular complexity index is 908. The summed E-state index contributed by atoms with van der Waals surface area (Å²) in [5.74, 6) is 0.657. The fourth-order valence-electron chi connectivity index (χ4n) is 2.99. The molecule has 1 amide bonds. The van der Waals surface area contributed by atoms with Crippen molar-refractivity contribution in [2.75, 3.05) is 7.05 Å². The highest BCUT2D eigenvalue weighted by molar-refractivity contribution is 5.91. The van der Waals surface area contributed by atoms with Crippen molar-refractivity contribution in [2.45, 2.75) is 40.6 Å². The Morgan fingerprint density at radius 2 is 1.93 bits per heavy atom. The zero-order valence-corrected chi connectivity index (χ0v) is 16.2. The predicted molar refractivity (Wildman–Crippen MR) is 102 cm³/mol. The van der Waals surface area contributed by atoms with Gasteiger partial charge < -0.3 is 9.64 Å². The first-order chi connectivity index (χ1) is 13.0. The van der Waals surface area contributed by atoms with E-state index in [2.05, 4.69) is 16.3 Å². The molecule has 142 valence electrons. The second-order valence-corrected chi connectivity index (χ2v) is 6.64. The van der Waals surface area contributed by atoms with Crippen molar-refractivity contribution in [1.82, 2.24) is 24.5 Å². The number of benzene rings is 1. The van der Waals surface area contributed by atoms with Gasteiger partial charge in [0.15, 0.2) is 12.4 Å². The quantitative estimate of drug-likeness (QED) is 0.644. The van der Waals surface area contributed by atoms with Gasteiger partial charge in [0.25, 0.3) is 5.91 Å². The van der Waals surface area contributed by atoms with Crippen LogP contribution in [0.4, 0.5) is 0 Å². The van der Waals surface area contributed by atoms with Crippen molar-refractivity contribution >= 4 is 5.91 Å². The zero-order chi connectivity index (χ0) is 19.4. The van der Waals surface area contributed by atoms with Crippen LogP contribution in [0.3, 0.4) is 0 Å². The summed E-state index contributed by atoms with van der Waals surface area (Å²) in [6.45, 7) is 7.60. The van der Waals surface area contributed by atoms with Crippen molar-refractivity contribution in [3.8, 4) is 5.75 Å². The Labute approximate surface area is 159 Å². The fourth-order valence-corrected chi connectivity index (χ4v) is 2.99. The maximum atomic E-state index is 12.6. The highest BCUT2D eigenvalue weighted by Gasteiger charge is 2.16. The van der Waals surface area contributed by atoms with Gasteiger partial charge in [-0.15, -0.1) is 0 Å². The van der Waals surface area contributed by atoms with E-state index in [-0.39, 0.29) is 12.6 Å². The highest BCUT2D eigenvalue weighted by atomic mass is 16.5. The summed E-state index contributed by atoms with van der Waals surface area (Å²) in [6, 6.07) is 9.68. The number of aryl methyl sites for hydroxylation is 3. The molecule has 7 nitrogen and oxygen atoms in total. The van der Waals surface area contributed by atoms with Crippen LogP contribution in [-0.4, -0.2) is 37.4 Å². The van der Waals surface area contributed by atoms with Crippen LogP contribution in [0.5, 0.6) is 5.75 Å². The molecule has 0 aliphatic carbocycles. The van der Waals surface area contributed by atoms with Gasteiger partial charge in [-0.25, -0.2) is 4.68 Å². The lowest BCUT2D eigenvalue weighted by Crippen LogP contribution is -2.28. The summed E-state index contributed by atoms with van der Waals surface area (Å²) in [7, 11) is 1.76. The molecule has 7 heteroatoms. The van der Waals surface area contributed by atoms with Crippen molar-refractivity contribution < 1.29 is 9.53 Å². The van der Waals surface area contributed by atoms with Gasteiger partial charge in [-0.3, -0.25) is 9.48 Å². The summed E-state index contributed by atoms with van der Waals surface area (Å²) in [6.07, 6.45) is 3.50. The van der Waals surface area contributed by atoms with Gasteiger partial charge in [-0.1, -0.05) is 6.07 Å². The van der Waals surface area contributed by atoms with E-state index in [1.807, 2.05) is 43.7 Å². The molecular formula is C20H25N5O2. The Morgan fingerprint density at radius 1 is 1.19 bits per heavy atom. The molecule has 3 rings (SSSR count). The smallest absolute Gasteiger partial charge is 0.274 e. The average Bonchev–Trinajstić information content (AvgIpc) is 3.27. The average molecular weight is 367 g/mol. The number of hydrogen-bond donors (Lipinski definition) is 0. The largest absolute Gasteiger partial charge is 0.471 e. The molecular weight excluding hydrogens is 342 g/mol. The minimum atomic E-state index is -0.135. The van der Waals surface area contributed by atoms with E-state index in [1.54, 1.807) is 35.1 Å². The molecule has 0 saturated heterocycles. The van der Waals surface area contributed by atoms with E-state index >= 15 is 0 Å². The number of carbonyl (C=O) groups is 1. The summed E-state index contributed by atoms with van der Waals surface area (Å²) >= 11 is 0. The third kappa shape index (κ3) is 4.55. The van der Waals surface area contributed by atoms with Crippen LogP contribution in [0.1, 0.15) is 34.2 Å². The van der Waals surface area contributed by atoms with Gasteiger partial charge >= 0.3 is 0 Å². The highest BCUT2D eigenvalue weighted by Crippen LogP contribution is 2.16. The van der Waals surface area contributed by atoms with E-state index in [4.69, 9.17) is 4.74 Å². The molecule has 1 aromatic carbocycles. The second kappa shape index (κ2) is 8.07. The Kier molecular flexibility index (Phi) is 5.59. The maximum Gasteiger partial charge on any atom is 0.274 e. The van der Waals surface area contributed by atoms with E-state index in [0.29, 0.717) is 12.2 Å². The molecule has 0 radical (unpaired) electrons. The summed E-state index contributed by atoms with van der Waals surface area (Å²) in [4.78, 5) is 14.3. The topological polar surface area (TPSA) is 65.2 Å². The summed E-state index contributed by atoms with van der Waals surface area (Å²) in [5, 5.41) is 8.57. The molecule has 0 aliphatic rings. The predicted octanol–water partition coefficient (Wildman–Crippen LogP) is 3.03. The van der Waals surface area contributed by atoms with Gasteiger partial charge in [0.1, 0.15) is 5.75 Å². The molecule has 0 bridgehead atoms. The molecule has 2 heterocycles. The normalized spacial score (nSPS) is 10.8. The minimum absolute atomic E-state index is 0.135. The van der Waals surface area contributed by atoms with Gasteiger partial charge in [-0.05, 0) is 56.2 Å². The van der Waals surface area contributed by atoms with Crippen LogP contribution in [0.25, 0.3) is 0 Å². The third-order valence-corrected chi connectivity index (χ3v) is 4.27. The van der Waals surface area contributed by atoms with E-state index in [9.17, 15) is 4.79 Å². The van der Waals surface area contributed by atoms with E-state index < -0.39 is 0 Å². The number of hydrogen-bond acceptors (Lipinski definition) is 4. The van der Waals surface area contributed by atoms with Crippen molar-refractivity contribution in [3.63, 3.8) is 0 Å². The van der Waals surface area contributed by atoms with Crippen LogP contribution in [0.2, 0.25) is 0 Å². The minimum Gasteiger partial charge on any atom is -0.471 e. The summed E-state index contributed by atoms with van der Waals surface area (Å²) < 4.78 is 9.28. The third-order valence-electron chi connectivity index (χ3n) is 4.27. The number of nitrogens with zero attached hydrogens (tertiary/aromatic N) is 5. The Balaban J connectivity index is 1.61. The fraction of sp³-hybridized carbons (Fsp3) is 0.350. The monoisotopic (exact) mass is 367 g/mol. The molecule has 2 aromatic heterocycles. The van der Waals surface area contributed by atoms with Crippen LogP contribution < -0.4 is 4.74 Å². The number of rotatable bonds is 7. The molecule has 0 N–H and O–H groups in total. The molecule has 0 atom stereocenters. The molecule has 0 aliphatic heterocycles. The number of ether oxygens (including phenoxy) is 1. The van der Waals surface area contributed by atoms with Crippen LogP contribution >= 0.6 is 0 Å². The molecule has 27 heavy (non-hydrogen) atoms. The SMILES string of the molecule is CCn1nccc1CN(C)C(=O)c1ccn(COc2cc(C)cc(C)c2)n1. The van der Waals surface area contributed by atoms with Crippen molar-refractivity contribution in [2.24, 2.45) is 0 Å². The Hall–Kier alpha value is -3.09. The van der Waals surface area contributed by atoms with E-state index in [0.717, 1.165) is 29.1 Å². The molecule has 0 saturated carbocycles. The van der Waals surface area contributed by atoms with Crippen LogP contribution in [-0.2, 0) is 19.8 Å². The molecule has 0 spiro atoms. The van der Waals surface area contributed by atoms with Crippen LogP contribution in [0.15, 0.2) is 42.7 Å². The molecule has 3 aromatic rings. The molecule has 0 fully saturated rings. The second-order valence-electron chi connectivity index (χ2n) is 6.64. The first-order valence-corrected chi connectivity index (χ1v) is 8.97. The standard InChI is InChI=1S/C20H25N5O2/c1-5-25-17(6-8-21-25)13-23(4)20(26)19-7-9-24(22-19)14-27-18-11-15(2)10-16(3)12-18/h6-12H,5,13-14H2,1-4H3. The van der Waals surface area contributed by atoms with E-state index in [1.165, 1.54) is 0 Å². The number of aromatic nitrogens is 4. The van der Waals surface area contributed by atoms with Gasteiger partial charge in [0.05, 0.1) is 12.2 Å². The first-order valence-electron chi connectivity index (χ1n) is 8.97. The lowest BCUT2D eigenvalue weighted by Gasteiger charge is -2.16. The maximum absolute atomic E-state index is 12.6. The Morgan fingerprint density at radius 3 is 2.63 bits per heavy atom. The van der Waals surface area contributed by atoms with Crippen LogP contribution in [0, 0.1) is 13.8 Å². The number of carbonyl (C=O) groups excluding carboxylic acids is 1. The van der Waals surface area contributed by atoms with Gasteiger partial charge in [0.2, 0.25) is 0 Å². The zero-order valence-electron chi connectivity index (χ0n) is 16.2.